The van der Waals surface area contributed by atoms with Gasteiger partial charge in [0.25, 0.3) is 0 Å². The first kappa shape index (κ1) is 22.4. The average Bonchev–Trinajstić information content (AvgIpc) is 3.07. The van der Waals surface area contributed by atoms with E-state index in [0.29, 0.717) is 19.8 Å². The van der Waals surface area contributed by atoms with Crippen molar-refractivity contribution in [1.82, 2.24) is 25.4 Å². The molecule has 0 aliphatic carbocycles. The molecule has 9 heteroatoms. The molecule has 1 aromatic carbocycles. The van der Waals surface area contributed by atoms with Gasteiger partial charge in [-0.05, 0) is 25.0 Å². The Morgan fingerprint density at radius 1 is 1.36 bits per heavy atom. The van der Waals surface area contributed by atoms with Gasteiger partial charge in [0.1, 0.15) is 24.8 Å². The first-order valence-electron chi connectivity index (χ1n) is 9.26. The molecule has 28 heavy (non-hydrogen) atoms. The number of benzene rings is 1. The zero-order chi connectivity index (χ0) is 19.1. The number of para-hydroxylation sites is 1. The second kappa shape index (κ2) is 11.2. The Morgan fingerprint density at radius 3 is 2.93 bits per heavy atom. The number of aromatic nitrogens is 3. The Kier molecular flexibility index (Phi) is 8.97. The van der Waals surface area contributed by atoms with Crippen LogP contribution in [-0.4, -0.2) is 54.1 Å². The summed E-state index contributed by atoms with van der Waals surface area (Å²) in [6.07, 6.45) is 1.88. The minimum Gasteiger partial charge on any atom is -0.491 e. The van der Waals surface area contributed by atoms with Crippen LogP contribution in [0.25, 0.3) is 0 Å². The van der Waals surface area contributed by atoms with E-state index in [4.69, 9.17) is 9.47 Å². The predicted molar refractivity (Wildman–Crippen MR) is 119 cm³/mol. The topological polar surface area (TPSA) is 85.6 Å². The molecule has 2 aromatic rings. The van der Waals surface area contributed by atoms with Crippen molar-refractivity contribution >= 4 is 29.9 Å². The predicted octanol–water partition coefficient (Wildman–Crippen LogP) is 1.91. The molecule has 0 saturated heterocycles. The van der Waals surface area contributed by atoms with Gasteiger partial charge in [-0.15, -0.1) is 24.0 Å². The molecule has 1 aliphatic rings. The van der Waals surface area contributed by atoms with Gasteiger partial charge in [-0.1, -0.05) is 18.2 Å². The molecule has 8 nitrogen and oxygen atoms in total. The summed E-state index contributed by atoms with van der Waals surface area (Å²) in [6.45, 7) is 4.51. The normalized spacial score (nSPS) is 16.1. The molecule has 0 spiro atoms. The Bertz CT molecular complexity index is 780. The highest BCUT2D eigenvalue weighted by atomic mass is 127. The summed E-state index contributed by atoms with van der Waals surface area (Å²) in [4.78, 5) is 8.82. The van der Waals surface area contributed by atoms with Crippen molar-refractivity contribution in [1.29, 1.82) is 0 Å². The second-order valence-electron chi connectivity index (χ2n) is 6.55. The zero-order valence-corrected chi connectivity index (χ0v) is 19.0. The van der Waals surface area contributed by atoms with Crippen LogP contribution >= 0.6 is 24.0 Å². The van der Waals surface area contributed by atoms with Crippen LogP contribution in [0.5, 0.6) is 5.75 Å². The fraction of sp³-hybridized carbons (Fsp3) is 0.526. The van der Waals surface area contributed by atoms with E-state index < -0.39 is 0 Å². The lowest BCUT2D eigenvalue weighted by molar-refractivity contribution is 0.177. The fourth-order valence-electron chi connectivity index (χ4n) is 3.11. The van der Waals surface area contributed by atoms with Crippen LogP contribution in [0, 0.1) is 6.92 Å². The number of nitrogens with one attached hydrogen (secondary N) is 2. The summed E-state index contributed by atoms with van der Waals surface area (Å²) in [6, 6.07) is 8.28. The number of nitrogens with zero attached hydrogens (tertiary/aromatic N) is 4. The highest BCUT2D eigenvalue weighted by Gasteiger charge is 2.22. The lowest BCUT2D eigenvalue weighted by Gasteiger charge is -2.25. The first-order chi connectivity index (χ1) is 13.2. The SMILES string of the molecule is CN=C(NCCOc1ccccc1C)NC1CCc2nc(COC)nn2C1.I. The van der Waals surface area contributed by atoms with E-state index in [0.717, 1.165) is 48.3 Å². The van der Waals surface area contributed by atoms with Gasteiger partial charge in [0.2, 0.25) is 0 Å². The maximum atomic E-state index is 5.81. The van der Waals surface area contributed by atoms with E-state index in [9.17, 15) is 0 Å². The van der Waals surface area contributed by atoms with Crippen LogP contribution in [0.4, 0.5) is 0 Å². The largest absolute Gasteiger partial charge is 0.491 e. The number of aryl methyl sites for hydroxylation is 2. The molecule has 1 aromatic heterocycles. The Morgan fingerprint density at radius 2 is 2.18 bits per heavy atom. The molecule has 1 atom stereocenters. The minimum atomic E-state index is 0. The van der Waals surface area contributed by atoms with Crippen molar-refractivity contribution in [3.05, 3.63) is 41.5 Å². The van der Waals surface area contributed by atoms with E-state index in [-0.39, 0.29) is 30.0 Å². The van der Waals surface area contributed by atoms with Gasteiger partial charge in [-0.3, -0.25) is 4.99 Å². The summed E-state index contributed by atoms with van der Waals surface area (Å²) in [5.41, 5.74) is 1.14. The van der Waals surface area contributed by atoms with Crippen molar-refractivity contribution in [3.63, 3.8) is 0 Å². The van der Waals surface area contributed by atoms with Crippen LogP contribution in [-0.2, 0) is 24.3 Å². The van der Waals surface area contributed by atoms with Crippen molar-refractivity contribution in [2.75, 3.05) is 27.3 Å². The minimum absolute atomic E-state index is 0. The fourth-order valence-corrected chi connectivity index (χ4v) is 3.11. The highest BCUT2D eigenvalue weighted by molar-refractivity contribution is 14.0. The Balaban J connectivity index is 0.00000280. The Hall–Kier alpha value is -1.88. The molecule has 0 amide bonds. The number of fused-ring (bicyclic) bond motifs is 1. The maximum Gasteiger partial charge on any atom is 0.191 e. The van der Waals surface area contributed by atoms with E-state index >= 15 is 0 Å². The van der Waals surface area contributed by atoms with Crippen LogP contribution in [0.1, 0.15) is 23.6 Å². The van der Waals surface area contributed by atoms with E-state index in [1.165, 1.54) is 0 Å². The van der Waals surface area contributed by atoms with E-state index in [1.54, 1.807) is 14.2 Å². The summed E-state index contributed by atoms with van der Waals surface area (Å²) in [5.74, 6) is 3.45. The van der Waals surface area contributed by atoms with E-state index in [2.05, 4.69) is 25.7 Å². The molecule has 1 unspecified atom stereocenters. The van der Waals surface area contributed by atoms with Gasteiger partial charge in [0.15, 0.2) is 11.8 Å². The van der Waals surface area contributed by atoms with Crippen molar-refractivity contribution in [2.24, 2.45) is 4.99 Å². The first-order valence-corrected chi connectivity index (χ1v) is 9.26. The molecule has 0 saturated carbocycles. The molecule has 0 bridgehead atoms. The van der Waals surface area contributed by atoms with Gasteiger partial charge >= 0.3 is 0 Å². The van der Waals surface area contributed by atoms with Crippen molar-refractivity contribution in [2.45, 2.75) is 39.0 Å². The molecule has 154 valence electrons. The number of hydrogen-bond donors (Lipinski definition) is 2. The molecule has 1 aliphatic heterocycles. The highest BCUT2D eigenvalue weighted by Crippen LogP contribution is 2.16. The molecular formula is C19H29IN6O2. The number of hydrogen-bond acceptors (Lipinski definition) is 5. The summed E-state index contributed by atoms with van der Waals surface area (Å²) >= 11 is 0. The molecule has 2 heterocycles. The van der Waals surface area contributed by atoms with Crippen LogP contribution in [0.3, 0.4) is 0 Å². The third-order valence-electron chi connectivity index (χ3n) is 4.49. The number of rotatable bonds is 7. The standard InChI is InChI=1S/C19H28N6O2.HI/c1-14-6-4-5-7-16(14)27-11-10-21-19(20-2)22-15-8-9-18-23-17(13-26-3)24-25(18)12-15;/h4-7,15H,8-13H2,1-3H3,(H2,20,21,22);1H. The average molecular weight is 500 g/mol. The summed E-state index contributed by atoms with van der Waals surface area (Å²) < 4.78 is 12.9. The lowest BCUT2D eigenvalue weighted by Crippen LogP contribution is -2.47. The number of halogens is 1. The van der Waals surface area contributed by atoms with E-state index in [1.807, 2.05) is 35.9 Å². The number of ether oxygens (including phenoxy) is 2. The van der Waals surface area contributed by atoms with Crippen molar-refractivity contribution in [3.8, 4) is 5.75 Å². The third-order valence-corrected chi connectivity index (χ3v) is 4.49. The van der Waals surface area contributed by atoms with Crippen molar-refractivity contribution < 1.29 is 9.47 Å². The summed E-state index contributed by atoms with van der Waals surface area (Å²) in [7, 11) is 3.43. The second-order valence-corrected chi connectivity index (χ2v) is 6.55. The van der Waals surface area contributed by atoms with Gasteiger partial charge in [0.05, 0.1) is 13.1 Å². The zero-order valence-electron chi connectivity index (χ0n) is 16.6. The quantitative estimate of drug-likeness (QED) is 0.262. The molecular weight excluding hydrogens is 471 g/mol. The number of guanidine groups is 1. The van der Waals surface area contributed by atoms with Crippen LogP contribution in [0.2, 0.25) is 0 Å². The van der Waals surface area contributed by atoms with Gasteiger partial charge in [0, 0.05) is 26.6 Å². The maximum absolute atomic E-state index is 5.81. The smallest absolute Gasteiger partial charge is 0.191 e. The van der Waals surface area contributed by atoms with Crippen LogP contribution < -0.4 is 15.4 Å². The number of methoxy groups -OCH3 is 1. The summed E-state index contributed by atoms with van der Waals surface area (Å²) in [5, 5.41) is 11.3. The van der Waals surface area contributed by atoms with Gasteiger partial charge in [-0.25, -0.2) is 9.67 Å². The Labute approximate surface area is 183 Å². The molecule has 2 N–H and O–H groups in total. The molecule has 0 radical (unpaired) electrons. The van der Waals surface area contributed by atoms with Crippen LogP contribution in [0.15, 0.2) is 29.3 Å². The number of aliphatic imine (C=N–C) groups is 1. The molecule has 3 rings (SSSR count). The molecule has 0 fully saturated rings. The van der Waals surface area contributed by atoms with Gasteiger partial charge < -0.3 is 20.1 Å². The monoisotopic (exact) mass is 500 g/mol. The van der Waals surface area contributed by atoms with Gasteiger partial charge in [-0.2, -0.15) is 5.10 Å². The third kappa shape index (κ3) is 6.06. The lowest BCUT2D eigenvalue weighted by atomic mass is 10.1.